The van der Waals surface area contributed by atoms with E-state index in [2.05, 4.69) is 14.9 Å². The molecule has 2 aromatic heterocycles. The van der Waals surface area contributed by atoms with Crippen LogP contribution in [-0.2, 0) is 14.8 Å². The number of aromatic nitrogens is 4. The van der Waals surface area contributed by atoms with Crippen LogP contribution in [0.4, 0.5) is 17.6 Å². The van der Waals surface area contributed by atoms with Crippen LogP contribution in [0.25, 0.3) is 22.5 Å². The van der Waals surface area contributed by atoms with Crippen molar-refractivity contribution in [3.8, 4) is 22.5 Å². The van der Waals surface area contributed by atoms with E-state index in [4.69, 9.17) is 20.4 Å². The second-order valence-corrected chi connectivity index (χ2v) is 9.16. The lowest BCUT2D eigenvalue weighted by molar-refractivity contribution is 0.122. The first-order valence-electron chi connectivity index (χ1n) is 9.65. The highest BCUT2D eigenvalue weighted by atomic mass is 32.2. The van der Waals surface area contributed by atoms with Gasteiger partial charge in [0.2, 0.25) is 21.9 Å². The Morgan fingerprint density at radius 3 is 2.16 bits per heavy atom. The minimum absolute atomic E-state index is 0.192. The molecule has 0 amide bonds. The van der Waals surface area contributed by atoms with E-state index >= 15 is 0 Å². The molecule has 10 nitrogen and oxygen atoms in total. The molecule has 1 aliphatic heterocycles. The Morgan fingerprint density at radius 1 is 1.00 bits per heavy atom. The van der Waals surface area contributed by atoms with Gasteiger partial charge in [-0.05, 0) is 18.2 Å². The van der Waals surface area contributed by atoms with Gasteiger partial charge in [0, 0.05) is 43.7 Å². The van der Waals surface area contributed by atoms with Gasteiger partial charge in [0.15, 0.2) is 0 Å². The van der Waals surface area contributed by atoms with Gasteiger partial charge in [0.1, 0.15) is 0 Å². The van der Waals surface area contributed by atoms with Crippen molar-refractivity contribution in [2.24, 2.45) is 0 Å². The summed E-state index contributed by atoms with van der Waals surface area (Å²) in [6, 6.07) is 9.03. The van der Waals surface area contributed by atoms with Crippen molar-refractivity contribution in [2.45, 2.75) is 0 Å². The lowest BCUT2D eigenvalue weighted by Gasteiger charge is -2.27. The fourth-order valence-electron chi connectivity index (χ4n) is 3.14. The Morgan fingerprint density at radius 2 is 1.58 bits per heavy atom. The summed E-state index contributed by atoms with van der Waals surface area (Å²) >= 11 is 0. The first-order chi connectivity index (χ1) is 14.8. The molecule has 3 aromatic rings. The van der Waals surface area contributed by atoms with Crippen molar-refractivity contribution < 1.29 is 13.2 Å². The molecular weight excluding hydrogens is 418 g/mol. The number of nitrogen functional groups attached to an aromatic ring is 1. The van der Waals surface area contributed by atoms with E-state index < -0.39 is 10.0 Å². The van der Waals surface area contributed by atoms with E-state index in [0.29, 0.717) is 49.3 Å². The van der Waals surface area contributed by atoms with Crippen LogP contribution in [0.15, 0.2) is 42.7 Å². The molecule has 0 radical (unpaired) electrons. The van der Waals surface area contributed by atoms with Gasteiger partial charge in [0.25, 0.3) is 0 Å². The number of ether oxygens (including phenoxy) is 1. The van der Waals surface area contributed by atoms with Crippen molar-refractivity contribution in [1.29, 1.82) is 0 Å². The van der Waals surface area contributed by atoms with Crippen LogP contribution in [0.2, 0.25) is 0 Å². The molecular formula is C20H23N7O3S. The highest BCUT2D eigenvalue weighted by Gasteiger charge is 2.18. The predicted octanol–water partition coefficient (Wildman–Crippen LogP) is 1.42. The Labute approximate surface area is 180 Å². The van der Waals surface area contributed by atoms with Gasteiger partial charge in [-0.3, -0.25) is 4.31 Å². The minimum atomic E-state index is -3.34. The van der Waals surface area contributed by atoms with Crippen LogP contribution >= 0.6 is 0 Å². The summed E-state index contributed by atoms with van der Waals surface area (Å²) in [5.74, 6) is 0.780. The number of morpholine rings is 1. The van der Waals surface area contributed by atoms with Gasteiger partial charge in [-0.15, -0.1) is 0 Å². The fourth-order valence-corrected chi connectivity index (χ4v) is 3.64. The van der Waals surface area contributed by atoms with Crippen LogP contribution in [0.3, 0.4) is 0 Å². The maximum Gasteiger partial charge on any atom is 0.231 e. The molecule has 0 saturated carbocycles. The summed E-state index contributed by atoms with van der Waals surface area (Å²) in [7, 11) is -1.82. The standard InChI is InChI=1S/C20H23N7O3S/c1-26(31(2,28)29)16-5-3-14(4-6-16)17-11-18(15-12-22-19(21)23-13-15)25-20(24-17)27-7-9-30-10-8-27/h3-6,11-13H,7-10H2,1-2H3,(H2,21,22,23). The Hall–Kier alpha value is -3.31. The maximum atomic E-state index is 11.8. The predicted molar refractivity (Wildman–Crippen MR) is 119 cm³/mol. The number of anilines is 3. The zero-order valence-electron chi connectivity index (χ0n) is 17.3. The van der Waals surface area contributed by atoms with E-state index in [0.717, 1.165) is 11.1 Å². The van der Waals surface area contributed by atoms with Gasteiger partial charge in [-0.2, -0.15) is 0 Å². The summed E-state index contributed by atoms with van der Waals surface area (Å²) in [6.45, 7) is 2.61. The molecule has 3 heterocycles. The molecule has 0 bridgehead atoms. The Kier molecular flexibility index (Phi) is 5.70. The average Bonchev–Trinajstić information content (AvgIpc) is 2.79. The summed E-state index contributed by atoms with van der Waals surface area (Å²) < 4.78 is 30.3. The van der Waals surface area contributed by atoms with Crippen LogP contribution in [0.5, 0.6) is 0 Å². The molecule has 11 heteroatoms. The molecule has 2 N–H and O–H groups in total. The maximum absolute atomic E-state index is 11.8. The summed E-state index contributed by atoms with van der Waals surface area (Å²) in [5.41, 5.74) is 9.12. The monoisotopic (exact) mass is 441 g/mol. The van der Waals surface area contributed by atoms with Gasteiger partial charge in [0.05, 0.1) is 36.5 Å². The van der Waals surface area contributed by atoms with Gasteiger partial charge in [-0.1, -0.05) is 12.1 Å². The summed E-state index contributed by atoms with van der Waals surface area (Å²) in [6.07, 6.45) is 4.42. The number of hydrogen-bond donors (Lipinski definition) is 1. The van der Waals surface area contributed by atoms with Crippen LogP contribution < -0.4 is 14.9 Å². The van der Waals surface area contributed by atoms with Crippen LogP contribution in [0.1, 0.15) is 0 Å². The number of nitrogens with two attached hydrogens (primary N) is 1. The number of hydrogen-bond acceptors (Lipinski definition) is 9. The third-order valence-corrected chi connectivity index (χ3v) is 6.21. The molecule has 0 spiro atoms. The van der Waals surface area contributed by atoms with E-state index in [1.54, 1.807) is 24.5 Å². The van der Waals surface area contributed by atoms with Gasteiger partial charge in [-0.25, -0.2) is 28.4 Å². The summed E-state index contributed by atoms with van der Waals surface area (Å²) in [4.78, 5) is 19.7. The first-order valence-corrected chi connectivity index (χ1v) is 11.5. The van der Waals surface area contributed by atoms with Crippen molar-refractivity contribution >= 4 is 27.6 Å². The summed E-state index contributed by atoms with van der Waals surface area (Å²) in [5, 5.41) is 0. The largest absolute Gasteiger partial charge is 0.378 e. The number of benzene rings is 1. The zero-order chi connectivity index (χ0) is 22.0. The zero-order valence-corrected chi connectivity index (χ0v) is 18.1. The molecule has 1 aliphatic rings. The van der Waals surface area contributed by atoms with E-state index in [-0.39, 0.29) is 5.95 Å². The molecule has 162 valence electrons. The lowest BCUT2D eigenvalue weighted by atomic mass is 10.1. The molecule has 0 aliphatic carbocycles. The minimum Gasteiger partial charge on any atom is -0.378 e. The first kappa shape index (κ1) is 20.9. The highest BCUT2D eigenvalue weighted by Crippen LogP contribution is 2.28. The van der Waals surface area contributed by atoms with Crippen LogP contribution in [-0.4, -0.2) is 68.0 Å². The third-order valence-electron chi connectivity index (χ3n) is 5.00. The normalized spacial score (nSPS) is 14.5. The topological polar surface area (TPSA) is 127 Å². The number of rotatable bonds is 5. The quantitative estimate of drug-likeness (QED) is 0.625. The second kappa shape index (κ2) is 8.44. The molecule has 31 heavy (non-hydrogen) atoms. The molecule has 0 atom stereocenters. The SMILES string of the molecule is CN(c1ccc(-c2cc(-c3cnc(N)nc3)nc(N3CCOCC3)n2)cc1)S(C)(=O)=O. The number of sulfonamides is 1. The molecule has 4 rings (SSSR count). The molecule has 0 unspecified atom stereocenters. The highest BCUT2D eigenvalue weighted by molar-refractivity contribution is 7.92. The van der Waals surface area contributed by atoms with Crippen molar-refractivity contribution in [2.75, 3.05) is 54.5 Å². The average molecular weight is 442 g/mol. The van der Waals surface area contributed by atoms with E-state index in [1.165, 1.54) is 17.6 Å². The number of nitrogens with zero attached hydrogens (tertiary/aromatic N) is 6. The Bertz CT molecular complexity index is 1160. The molecule has 1 saturated heterocycles. The van der Waals surface area contributed by atoms with Gasteiger partial charge < -0.3 is 15.4 Å². The smallest absolute Gasteiger partial charge is 0.231 e. The van der Waals surface area contributed by atoms with E-state index in [9.17, 15) is 8.42 Å². The fraction of sp³-hybridized carbons (Fsp3) is 0.300. The van der Waals surface area contributed by atoms with Crippen molar-refractivity contribution in [3.05, 3.63) is 42.7 Å². The van der Waals surface area contributed by atoms with Crippen molar-refractivity contribution in [3.63, 3.8) is 0 Å². The second-order valence-electron chi connectivity index (χ2n) is 7.15. The Balaban J connectivity index is 1.75. The lowest BCUT2D eigenvalue weighted by Crippen LogP contribution is -2.37. The van der Waals surface area contributed by atoms with Crippen molar-refractivity contribution in [1.82, 2.24) is 19.9 Å². The molecule has 1 aromatic carbocycles. The molecule has 1 fully saturated rings. The van der Waals surface area contributed by atoms with E-state index in [1.807, 2.05) is 18.2 Å². The van der Waals surface area contributed by atoms with Gasteiger partial charge >= 0.3 is 0 Å². The van der Waals surface area contributed by atoms with Crippen LogP contribution in [0, 0.1) is 0 Å². The third kappa shape index (κ3) is 4.72.